The van der Waals surface area contributed by atoms with Crippen LogP contribution in [0.5, 0.6) is 11.5 Å². The number of hydrogen-bond donors (Lipinski definition) is 2. The van der Waals surface area contributed by atoms with Gasteiger partial charge in [0.25, 0.3) is 0 Å². The number of piperazine rings is 1. The highest BCUT2D eigenvalue weighted by Crippen LogP contribution is 2.31. The first-order valence-corrected chi connectivity index (χ1v) is 18.3. The number of aryl methyl sites for hydroxylation is 1. The average Bonchev–Trinajstić information content (AvgIpc) is 3.54. The molecule has 1 aromatic heterocycles. The number of nitrogens with zero attached hydrogens (tertiary/aromatic N) is 3. The van der Waals surface area contributed by atoms with Gasteiger partial charge in [-0.05, 0) is 66.3 Å². The quantitative estimate of drug-likeness (QED) is 0.0725. The van der Waals surface area contributed by atoms with E-state index in [9.17, 15) is 9.59 Å². The topological polar surface area (TPSA) is 96.3 Å². The van der Waals surface area contributed by atoms with Crippen LogP contribution in [-0.2, 0) is 17.9 Å². The number of benzene rings is 4. The molecule has 4 aromatic carbocycles. The number of aliphatic carboxylic acids is 1. The first-order valence-electron chi connectivity index (χ1n) is 18.3. The number of halogens is 1. The number of rotatable bonds is 17. The number of ketones is 1. The molecule has 1 aliphatic rings. The summed E-state index contributed by atoms with van der Waals surface area (Å²) in [4.78, 5) is 30.1. The fourth-order valence-corrected chi connectivity index (χ4v) is 6.89. The van der Waals surface area contributed by atoms with Crippen LogP contribution < -0.4 is 19.7 Å². The second kappa shape index (κ2) is 18.7. The third-order valence-electron chi connectivity index (χ3n) is 9.87. The maximum atomic E-state index is 14.1. The molecule has 10 heteroatoms. The number of anilines is 2. The Bertz CT molecular complexity index is 1970. The van der Waals surface area contributed by atoms with Crippen molar-refractivity contribution >= 4 is 46.4 Å². The van der Waals surface area contributed by atoms with E-state index >= 15 is 0 Å². The van der Waals surface area contributed by atoms with E-state index in [-0.39, 0.29) is 24.6 Å². The molecule has 5 aromatic rings. The minimum absolute atomic E-state index is 0. The molecule has 2 N–H and O–H groups in total. The fourth-order valence-electron chi connectivity index (χ4n) is 6.89. The van der Waals surface area contributed by atoms with Crippen LogP contribution in [0.4, 0.5) is 11.4 Å². The van der Waals surface area contributed by atoms with E-state index < -0.39 is 5.97 Å². The molecule has 9 nitrogen and oxygen atoms in total. The summed E-state index contributed by atoms with van der Waals surface area (Å²) in [6.45, 7) is 10.8. The Morgan fingerprint density at radius 2 is 1.58 bits per heavy atom. The lowest BCUT2D eigenvalue weighted by Gasteiger charge is -2.36. The number of nitrogens with one attached hydrogen (secondary N) is 1. The highest BCUT2D eigenvalue weighted by atomic mass is 35.5. The van der Waals surface area contributed by atoms with Gasteiger partial charge in [-0.25, -0.2) is 0 Å². The predicted molar refractivity (Wildman–Crippen MR) is 216 cm³/mol. The third kappa shape index (κ3) is 9.91. The maximum absolute atomic E-state index is 14.1. The Morgan fingerprint density at radius 3 is 2.32 bits per heavy atom. The van der Waals surface area contributed by atoms with Crippen molar-refractivity contribution in [2.45, 2.75) is 52.1 Å². The highest BCUT2D eigenvalue weighted by Gasteiger charge is 2.21. The van der Waals surface area contributed by atoms with Crippen LogP contribution in [0.15, 0.2) is 97.2 Å². The summed E-state index contributed by atoms with van der Waals surface area (Å²) >= 11 is 0. The Kier molecular flexibility index (Phi) is 13.8. The van der Waals surface area contributed by atoms with Crippen molar-refractivity contribution in [1.82, 2.24) is 9.47 Å². The van der Waals surface area contributed by atoms with Gasteiger partial charge in [0.2, 0.25) is 0 Å². The third-order valence-corrected chi connectivity index (χ3v) is 9.87. The summed E-state index contributed by atoms with van der Waals surface area (Å²) < 4.78 is 14.0. The van der Waals surface area contributed by atoms with Crippen LogP contribution in [0.3, 0.4) is 0 Å². The summed E-state index contributed by atoms with van der Waals surface area (Å²) in [5.74, 6) is 1.11. The van der Waals surface area contributed by atoms with Crippen molar-refractivity contribution in [3.05, 3.63) is 119 Å². The van der Waals surface area contributed by atoms with E-state index in [4.69, 9.17) is 14.6 Å². The van der Waals surface area contributed by atoms with E-state index in [1.54, 1.807) is 7.11 Å². The van der Waals surface area contributed by atoms with Crippen molar-refractivity contribution in [3.8, 4) is 11.5 Å². The van der Waals surface area contributed by atoms with E-state index in [1.165, 1.54) is 11.1 Å². The minimum Gasteiger partial charge on any atom is -0.495 e. The Morgan fingerprint density at radius 1 is 0.849 bits per heavy atom. The van der Waals surface area contributed by atoms with Gasteiger partial charge in [-0.3, -0.25) is 14.5 Å². The molecule has 53 heavy (non-hydrogen) atoms. The van der Waals surface area contributed by atoms with Crippen LogP contribution in [0.2, 0.25) is 0 Å². The molecule has 0 saturated carbocycles. The number of carbonyl (C=O) groups is 2. The fraction of sp³-hybridized carbons (Fsp3) is 0.349. The molecule has 0 bridgehead atoms. The maximum Gasteiger partial charge on any atom is 0.303 e. The molecule has 0 aliphatic carbocycles. The van der Waals surface area contributed by atoms with E-state index in [2.05, 4.69) is 65.4 Å². The van der Waals surface area contributed by atoms with Gasteiger partial charge >= 0.3 is 5.97 Å². The van der Waals surface area contributed by atoms with Crippen molar-refractivity contribution < 1.29 is 24.2 Å². The molecule has 0 spiro atoms. The normalized spacial score (nSPS) is 13.2. The molecule has 1 aliphatic heterocycles. The summed E-state index contributed by atoms with van der Waals surface area (Å²) in [5.41, 5.74) is 6.50. The number of para-hydroxylation sites is 3. The smallest absolute Gasteiger partial charge is 0.303 e. The molecular weight excluding hydrogens is 688 g/mol. The summed E-state index contributed by atoms with van der Waals surface area (Å²) in [6.07, 6.45) is 3.27. The molecular formula is C43H51ClN4O5. The largest absolute Gasteiger partial charge is 0.495 e. The second-order valence-electron chi connectivity index (χ2n) is 13.7. The Hall–Kier alpha value is -4.99. The SMILES string of the molecule is COc1ccccc1N1CCN(CCCOc2cc(C(=O)c3cn(CCCC(=O)O)c4ccccc34)ccc2NCc2ccc(C(C)C)cc2)CC1.Cl. The van der Waals surface area contributed by atoms with Gasteiger partial charge in [-0.2, -0.15) is 0 Å². The van der Waals surface area contributed by atoms with Gasteiger partial charge in [-0.15, -0.1) is 12.4 Å². The van der Waals surface area contributed by atoms with Crippen molar-refractivity contribution in [1.29, 1.82) is 0 Å². The lowest BCUT2D eigenvalue weighted by atomic mass is 10.0. The number of methoxy groups -OCH3 is 1. The van der Waals surface area contributed by atoms with Gasteiger partial charge in [0.1, 0.15) is 11.5 Å². The predicted octanol–water partition coefficient (Wildman–Crippen LogP) is 8.49. The number of aromatic nitrogens is 1. The first kappa shape index (κ1) is 39.2. The van der Waals surface area contributed by atoms with Gasteiger partial charge < -0.3 is 29.4 Å². The molecule has 0 amide bonds. The standard InChI is InChI=1S/C43H50N4O5.ClH/c1-31(2)33-17-15-32(16-18-33)29-44-37-20-19-34(43(50)36-30-47(22-8-14-42(48)49)38-11-5-4-10-35(36)38)28-41(37)52-27-9-21-45-23-25-46(26-24-45)39-12-6-7-13-40(39)51-3;/h4-7,10-13,15-20,28,30-31,44H,8-9,14,21-27,29H2,1-3H3,(H,48,49);1H. The van der Waals surface area contributed by atoms with Crippen molar-refractivity contribution in [2.75, 3.05) is 56.7 Å². The molecule has 0 atom stereocenters. The van der Waals surface area contributed by atoms with Crippen LogP contribution in [0.25, 0.3) is 10.9 Å². The van der Waals surface area contributed by atoms with Crippen LogP contribution in [0.1, 0.15) is 66.1 Å². The number of ether oxygens (including phenoxy) is 2. The second-order valence-corrected chi connectivity index (χ2v) is 13.7. The monoisotopic (exact) mass is 738 g/mol. The van der Waals surface area contributed by atoms with Gasteiger partial charge in [0.15, 0.2) is 5.78 Å². The van der Waals surface area contributed by atoms with Crippen LogP contribution in [0, 0.1) is 0 Å². The highest BCUT2D eigenvalue weighted by molar-refractivity contribution is 6.16. The molecule has 1 fully saturated rings. The summed E-state index contributed by atoms with van der Waals surface area (Å²) in [6, 6.07) is 30.3. The zero-order valence-electron chi connectivity index (χ0n) is 30.9. The van der Waals surface area contributed by atoms with Gasteiger partial charge in [-0.1, -0.05) is 68.4 Å². The zero-order chi connectivity index (χ0) is 36.5. The van der Waals surface area contributed by atoms with E-state index in [1.807, 2.05) is 65.4 Å². The van der Waals surface area contributed by atoms with E-state index in [0.29, 0.717) is 48.9 Å². The summed E-state index contributed by atoms with van der Waals surface area (Å²) in [7, 11) is 1.72. The Labute approximate surface area is 318 Å². The lowest BCUT2D eigenvalue weighted by molar-refractivity contribution is -0.137. The first-order chi connectivity index (χ1) is 25.3. The van der Waals surface area contributed by atoms with Gasteiger partial charge in [0, 0.05) is 80.5 Å². The van der Waals surface area contributed by atoms with Gasteiger partial charge in [0.05, 0.1) is 25.1 Å². The van der Waals surface area contributed by atoms with Crippen molar-refractivity contribution in [3.63, 3.8) is 0 Å². The number of carboxylic acid groups (broad SMARTS) is 1. The molecule has 2 heterocycles. The number of carboxylic acids is 1. The zero-order valence-corrected chi connectivity index (χ0v) is 31.7. The van der Waals surface area contributed by atoms with Crippen molar-refractivity contribution in [2.24, 2.45) is 0 Å². The number of fused-ring (bicyclic) bond motifs is 1. The molecule has 280 valence electrons. The summed E-state index contributed by atoms with van der Waals surface area (Å²) in [5, 5.41) is 13.6. The molecule has 0 radical (unpaired) electrons. The van der Waals surface area contributed by atoms with Crippen LogP contribution >= 0.6 is 12.4 Å². The Balaban J connectivity index is 0.00000541. The number of hydrogen-bond acceptors (Lipinski definition) is 7. The minimum atomic E-state index is -0.826. The van der Waals surface area contributed by atoms with Crippen LogP contribution in [-0.4, -0.2) is 72.8 Å². The molecule has 0 unspecified atom stereocenters. The average molecular weight is 739 g/mol. The lowest BCUT2D eigenvalue weighted by Crippen LogP contribution is -2.46. The molecule has 6 rings (SSSR count). The van der Waals surface area contributed by atoms with E-state index in [0.717, 1.165) is 67.2 Å². The molecule has 1 saturated heterocycles. The number of carbonyl (C=O) groups excluding carboxylic acids is 1.